The predicted molar refractivity (Wildman–Crippen MR) is 129 cm³/mol. The average Bonchev–Trinajstić information content (AvgIpc) is 2.80. The van der Waals surface area contributed by atoms with Gasteiger partial charge < -0.3 is 19.3 Å². The van der Waals surface area contributed by atoms with Gasteiger partial charge in [0.05, 0.1) is 17.7 Å². The summed E-state index contributed by atoms with van der Waals surface area (Å²) in [6.45, 7) is 5.75. The zero-order valence-corrected chi connectivity index (χ0v) is 20.1. The van der Waals surface area contributed by atoms with Gasteiger partial charge in [-0.05, 0) is 49.7 Å². The number of ether oxygens (including phenoxy) is 2. The van der Waals surface area contributed by atoms with Crippen LogP contribution in [0, 0.1) is 6.92 Å². The Kier molecular flexibility index (Phi) is 6.91. The van der Waals surface area contributed by atoms with Crippen LogP contribution in [0.5, 0.6) is 17.4 Å². The molecule has 1 aromatic heterocycles. The van der Waals surface area contributed by atoms with Crippen molar-refractivity contribution >= 4 is 34.9 Å². The predicted octanol–water partition coefficient (Wildman–Crippen LogP) is 5.24. The fourth-order valence-corrected chi connectivity index (χ4v) is 4.30. The van der Waals surface area contributed by atoms with Crippen LogP contribution >= 0.6 is 23.2 Å². The zero-order chi connectivity index (χ0) is 23.5. The van der Waals surface area contributed by atoms with Gasteiger partial charge in [-0.15, -0.1) is 0 Å². The molecule has 172 valence electrons. The van der Waals surface area contributed by atoms with E-state index in [1.807, 2.05) is 36.9 Å². The van der Waals surface area contributed by atoms with E-state index >= 15 is 0 Å². The molecule has 1 atom stereocenters. The molecule has 1 unspecified atom stereocenters. The Bertz CT molecular complexity index is 1170. The molecule has 1 saturated heterocycles. The quantitative estimate of drug-likeness (QED) is 0.490. The van der Waals surface area contributed by atoms with Crippen molar-refractivity contribution in [2.75, 3.05) is 31.6 Å². The number of benzene rings is 2. The highest BCUT2D eigenvalue weighted by atomic mass is 35.5. The van der Waals surface area contributed by atoms with Crippen LogP contribution in [0.2, 0.25) is 10.0 Å². The number of amides is 1. The second-order valence-electron chi connectivity index (χ2n) is 7.89. The van der Waals surface area contributed by atoms with Gasteiger partial charge in [-0.25, -0.2) is 9.97 Å². The van der Waals surface area contributed by atoms with Gasteiger partial charge in [0.25, 0.3) is 5.91 Å². The summed E-state index contributed by atoms with van der Waals surface area (Å²) in [6, 6.07) is 12.4. The van der Waals surface area contributed by atoms with Crippen LogP contribution in [0.4, 0.5) is 5.82 Å². The molecule has 0 radical (unpaired) electrons. The zero-order valence-electron chi connectivity index (χ0n) is 18.6. The number of rotatable bonds is 5. The van der Waals surface area contributed by atoms with Crippen LogP contribution in [0.1, 0.15) is 22.8 Å². The summed E-state index contributed by atoms with van der Waals surface area (Å²) in [5, 5.41) is 0.853. The number of hydrogen-bond donors (Lipinski definition) is 0. The molecule has 1 aliphatic rings. The van der Waals surface area contributed by atoms with Gasteiger partial charge in [0.15, 0.2) is 11.5 Å². The molecular formula is C24H24Cl2N4O3. The average molecular weight is 487 g/mol. The number of nitrogens with zero attached hydrogens (tertiary/aromatic N) is 4. The number of hydrogen-bond acceptors (Lipinski definition) is 6. The smallest absolute Gasteiger partial charge is 0.255 e. The van der Waals surface area contributed by atoms with Crippen molar-refractivity contribution in [3.63, 3.8) is 0 Å². The van der Waals surface area contributed by atoms with E-state index in [2.05, 4.69) is 14.9 Å². The standard InChI is InChI=1S/C24H24Cl2N4O3/c1-15-4-7-20(21(10-15)32-3)33-23-12-22(27-14-28-23)29-8-9-30(16(2)13-29)24(31)18-6-5-17(25)11-19(18)26/h4-7,10-12,14,16H,8-9,13H2,1-3H3. The van der Waals surface area contributed by atoms with Gasteiger partial charge in [0.1, 0.15) is 12.1 Å². The molecular weight excluding hydrogens is 463 g/mol. The molecule has 0 spiro atoms. The van der Waals surface area contributed by atoms with Crippen molar-refractivity contribution in [1.82, 2.24) is 14.9 Å². The third-order valence-electron chi connectivity index (χ3n) is 5.54. The number of carbonyl (C=O) groups is 1. The Morgan fingerprint density at radius 3 is 2.61 bits per heavy atom. The van der Waals surface area contributed by atoms with E-state index in [1.54, 1.807) is 31.4 Å². The Labute approximate surface area is 202 Å². The lowest BCUT2D eigenvalue weighted by Gasteiger charge is -2.40. The van der Waals surface area contributed by atoms with Crippen LogP contribution in [0.15, 0.2) is 48.8 Å². The number of aromatic nitrogens is 2. The van der Waals surface area contributed by atoms with E-state index in [4.69, 9.17) is 32.7 Å². The minimum absolute atomic E-state index is 0.0467. The van der Waals surface area contributed by atoms with Crippen LogP contribution < -0.4 is 14.4 Å². The van der Waals surface area contributed by atoms with Crippen molar-refractivity contribution in [3.8, 4) is 17.4 Å². The minimum atomic E-state index is -0.109. The van der Waals surface area contributed by atoms with E-state index in [9.17, 15) is 4.79 Å². The van der Waals surface area contributed by atoms with Gasteiger partial charge in [-0.2, -0.15) is 0 Å². The third-order valence-corrected chi connectivity index (χ3v) is 6.08. The van der Waals surface area contributed by atoms with E-state index in [0.717, 1.165) is 11.4 Å². The Morgan fingerprint density at radius 2 is 1.88 bits per heavy atom. The number of halogens is 2. The first-order chi connectivity index (χ1) is 15.9. The maximum Gasteiger partial charge on any atom is 0.255 e. The first-order valence-corrected chi connectivity index (χ1v) is 11.3. The van der Waals surface area contributed by atoms with E-state index in [0.29, 0.717) is 52.6 Å². The lowest BCUT2D eigenvalue weighted by molar-refractivity contribution is 0.0674. The fraction of sp³-hybridized carbons (Fsp3) is 0.292. The van der Waals surface area contributed by atoms with Crippen LogP contribution in [0.25, 0.3) is 0 Å². The first-order valence-electron chi connectivity index (χ1n) is 10.5. The molecule has 1 fully saturated rings. The molecule has 3 aromatic rings. The largest absolute Gasteiger partial charge is 0.493 e. The topological polar surface area (TPSA) is 67.8 Å². The summed E-state index contributed by atoms with van der Waals surface area (Å²) in [6.07, 6.45) is 1.47. The van der Waals surface area contributed by atoms with Gasteiger partial charge >= 0.3 is 0 Å². The highest BCUT2D eigenvalue weighted by Gasteiger charge is 2.30. The number of methoxy groups -OCH3 is 1. The Hall–Kier alpha value is -3.03. The second-order valence-corrected chi connectivity index (χ2v) is 8.73. The summed E-state index contributed by atoms with van der Waals surface area (Å²) >= 11 is 12.2. The second kappa shape index (κ2) is 9.85. The van der Waals surface area contributed by atoms with Gasteiger partial charge in [0.2, 0.25) is 5.88 Å². The molecule has 0 aliphatic carbocycles. The molecule has 7 nitrogen and oxygen atoms in total. The van der Waals surface area contributed by atoms with Crippen LogP contribution in [0.3, 0.4) is 0 Å². The Morgan fingerprint density at radius 1 is 1.06 bits per heavy atom. The van der Waals surface area contributed by atoms with Crippen molar-refractivity contribution in [3.05, 3.63) is 70.0 Å². The Balaban J connectivity index is 1.47. The summed E-state index contributed by atoms with van der Waals surface area (Å²) in [5.41, 5.74) is 1.52. The maximum atomic E-state index is 13.0. The van der Waals surface area contributed by atoms with Gasteiger partial charge in [-0.1, -0.05) is 29.3 Å². The summed E-state index contributed by atoms with van der Waals surface area (Å²) < 4.78 is 11.4. The highest BCUT2D eigenvalue weighted by Crippen LogP contribution is 2.32. The normalized spacial score (nSPS) is 16.0. The van der Waals surface area contributed by atoms with Crippen LogP contribution in [-0.2, 0) is 0 Å². The lowest BCUT2D eigenvalue weighted by Crippen LogP contribution is -2.54. The van der Waals surface area contributed by atoms with Crippen LogP contribution in [-0.4, -0.2) is 53.6 Å². The minimum Gasteiger partial charge on any atom is -0.493 e. The summed E-state index contributed by atoms with van der Waals surface area (Å²) in [5.74, 6) is 2.26. The SMILES string of the molecule is COc1cc(C)ccc1Oc1cc(N2CCN(C(=O)c3ccc(Cl)cc3Cl)C(C)C2)ncn1. The van der Waals surface area contributed by atoms with Gasteiger partial charge in [-0.3, -0.25) is 4.79 Å². The molecule has 2 aromatic carbocycles. The number of carbonyl (C=O) groups excluding carboxylic acids is 1. The monoisotopic (exact) mass is 486 g/mol. The van der Waals surface area contributed by atoms with E-state index in [-0.39, 0.29) is 11.9 Å². The first kappa shape index (κ1) is 23.1. The van der Waals surface area contributed by atoms with Crippen molar-refractivity contribution in [2.24, 2.45) is 0 Å². The number of anilines is 1. The number of aryl methyl sites for hydroxylation is 1. The van der Waals surface area contributed by atoms with Crippen molar-refractivity contribution < 1.29 is 14.3 Å². The van der Waals surface area contributed by atoms with Gasteiger partial charge in [0, 0.05) is 36.8 Å². The van der Waals surface area contributed by atoms with Crippen molar-refractivity contribution in [2.45, 2.75) is 19.9 Å². The third kappa shape index (κ3) is 5.15. The maximum absolute atomic E-state index is 13.0. The summed E-state index contributed by atoms with van der Waals surface area (Å²) in [4.78, 5) is 25.6. The van der Waals surface area contributed by atoms with E-state index in [1.165, 1.54) is 6.33 Å². The molecule has 0 saturated carbocycles. The molecule has 4 rings (SSSR count). The molecule has 33 heavy (non-hydrogen) atoms. The summed E-state index contributed by atoms with van der Waals surface area (Å²) in [7, 11) is 1.60. The fourth-order valence-electron chi connectivity index (χ4n) is 3.82. The molecule has 9 heteroatoms. The molecule has 2 heterocycles. The number of piperazine rings is 1. The molecule has 0 N–H and O–H groups in total. The van der Waals surface area contributed by atoms with E-state index < -0.39 is 0 Å². The molecule has 1 amide bonds. The molecule has 1 aliphatic heterocycles. The highest BCUT2D eigenvalue weighted by molar-refractivity contribution is 6.36. The lowest BCUT2D eigenvalue weighted by atomic mass is 10.1. The molecule has 0 bridgehead atoms. The van der Waals surface area contributed by atoms with Crippen molar-refractivity contribution in [1.29, 1.82) is 0 Å².